The van der Waals surface area contributed by atoms with Gasteiger partial charge in [0.25, 0.3) is 0 Å². The second kappa shape index (κ2) is 4.38. The zero-order chi connectivity index (χ0) is 12.6. The fourth-order valence-electron chi connectivity index (χ4n) is 1.36. The minimum atomic E-state index is 0.157. The highest BCUT2D eigenvalue weighted by Gasteiger charge is 2.17. The molecule has 2 heterocycles. The zero-order valence-electron chi connectivity index (χ0n) is 9.99. The molecule has 0 fully saturated rings. The van der Waals surface area contributed by atoms with Crippen molar-refractivity contribution in [3.63, 3.8) is 0 Å². The molecule has 0 atom stereocenters. The molecule has 2 aromatic heterocycles. The molecule has 3 nitrogen and oxygen atoms in total. The molecule has 17 heavy (non-hydrogen) atoms. The van der Waals surface area contributed by atoms with E-state index in [1.807, 2.05) is 6.07 Å². The highest BCUT2D eigenvalue weighted by molar-refractivity contribution is 9.10. The van der Waals surface area contributed by atoms with Crippen molar-refractivity contribution in [2.24, 2.45) is 0 Å². The van der Waals surface area contributed by atoms with E-state index in [0.717, 1.165) is 9.35 Å². The molecule has 90 valence electrons. The van der Waals surface area contributed by atoms with Gasteiger partial charge in [0.05, 0.1) is 9.35 Å². The third kappa shape index (κ3) is 2.66. The van der Waals surface area contributed by atoms with E-state index in [9.17, 15) is 0 Å². The predicted molar refractivity (Wildman–Crippen MR) is 76.2 cm³/mol. The monoisotopic (exact) mass is 311 g/mol. The fraction of sp³-hybridized carbons (Fsp3) is 0.333. The van der Waals surface area contributed by atoms with Crippen LogP contribution in [0, 0.1) is 0 Å². The Morgan fingerprint density at radius 1 is 1.29 bits per heavy atom. The van der Waals surface area contributed by atoms with Crippen LogP contribution in [0.2, 0.25) is 0 Å². The lowest BCUT2D eigenvalue weighted by atomic mass is 9.95. The van der Waals surface area contributed by atoms with E-state index in [1.54, 1.807) is 17.5 Å². The molecular weight excluding hydrogens is 298 g/mol. The summed E-state index contributed by atoms with van der Waals surface area (Å²) in [6.07, 6.45) is 1.69. The van der Waals surface area contributed by atoms with E-state index in [0.29, 0.717) is 11.6 Å². The SMILES string of the molecule is CC(C)(C)c1ccc(-c2ncc(Br)c(N)n2)s1. The number of rotatable bonds is 1. The van der Waals surface area contributed by atoms with Crippen molar-refractivity contribution in [2.75, 3.05) is 5.73 Å². The predicted octanol–water partition coefficient (Wildman–Crippen LogP) is 3.85. The quantitative estimate of drug-likeness (QED) is 0.870. The summed E-state index contributed by atoms with van der Waals surface area (Å²) in [5.41, 5.74) is 5.91. The van der Waals surface area contributed by atoms with Crippen LogP contribution in [0.3, 0.4) is 0 Å². The molecule has 0 saturated heterocycles. The first kappa shape index (κ1) is 12.5. The van der Waals surface area contributed by atoms with Crippen LogP contribution in [-0.2, 0) is 5.41 Å². The van der Waals surface area contributed by atoms with Gasteiger partial charge in [-0.2, -0.15) is 0 Å². The molecule has 0 saturated carbocycles. The number of anilines is 1. The molecule has 0 aliphatic carbocycles. The number of halogens is 1. The third-order valence-corrected chi connectivity index (χ3v) is 4.45. The minimum absolute atomic E-state index is 0.157. The molecule has 0 bridgehead atoms. The van der Waals surface area contributed by atoms with Gasteiger partial charge in [0.15, 0.2) is 5.82 Å². The molecular formula is C12H14BrN3S. The van der Waals surface area contributed by atoms with Crippen molar-refractivity contribution in [2.45, 2.75) is 26.2 Å². The molecule has 0 aliphatic heterocycles. The van der Waals surface area contributed by atoms with E-state index in [-0.39, 0.29) is 5.41 Å². The highest BCUT2D eigenvalue weighted by atomic mass is 79.9. The Kier molecular flexibility index (Phi) is 3.23. The summed E-state index contributed by atoms with van der Waals surface area (Å²) in [5, 5.41) is 0. The Labute approximate surface area is 113 Å². The van der Waals surface area contributed by atoms with Crippen molar-refractivity contribution in [1.29, 1.82) is 0 Å². The third-order valence-electron chi connectivity index (χ3n) is 2.34. The molecule has 2 N–H and O–H groups in total. The summed E-state index contributed by atoms with van der Waals surface area (Å²) >= 11 is 5.00. The van der Waals surface area contributed by atoms with Crippen molar-refractivity contribution in [1.82, 2.24) is 9.97 Å². The fourth-order valence-corrected chi connectivity index (χ4v) is 2.56. The van der Waals surface area contributed by atoms with Gasteiger partial charge in [-0.25, -0.2) is 9.97 Å². The number of nitrogens with zero attached hydrogens (tertiary/aromatic N) is 2. The summed E-state index contributed by atoms with van der Waals surface area (Å²) in [6.45, 7) is 6.58. The van der Waals surface area contributed by atoms with Crippen LogP contribution >= 0.6 is 27.3 Å². The number of hydrogen-bond donors (Lipinski definition) is 1. The van der Waals surface area contributed by atoms with Gasteiger partial charge >= 0.3 is 0 Å². The topological polar surface area (TPSA) is 51.8 Å². The second-order valence-electron chi connectivity index (χ2n) is 4.84. The van der Waals surface area contributed by atoms with Crippen molar-refractivity contribution >= 4 is 33.1 Å². The molecule has 0 aliphatic rings. The van der Waals surface area contributed by atoms with E-state index in [4.69, 9.17) is 5.73 Å². The first-order chi connectivity index (χ1) is 7.88. The van der Waals surface area contributed by atoms with Gasteiger partial charge in [-0.15, -0.1) is 11.3 Å². The smallest absolute Gasteiger partial charge is 0.171 e. The van der Waals surface area contributed by atoms with Crippen LogP contribution in [-0.4, -0.2) is 9.97 Å². The maximum absolute atomic E-state index is 5.76. The lowest BCUT2D eigenvalue weighted by Gasteiger charge is -2.15. The van der Waals surface area contributed by atoms with E-state index >= 15 is 0 Å². The first-order valence-electron chi connectivity index (χ1n) is 5.26. The Bertz CT molecular complexity index is 543. The number of nitrogen functional groups attached to an aromatic ring is 1. The molecule has 5 heteroatoms. The summed E-state index contributed by atoms with van der Waals surface area (Å²) in [5.74, 6) is 1.16. The average Bonchev–Trinajstić information content (AvgIpc) is 2.70. The molecule has 0 spiro atoms. The van der Waals surface area contributed by atoms with Crippen LogP contribution in [0.15, 0.2) is 22.8 Å². The number of hydrogen-bond acceptors (Lipinski definition) is 4. The first-order valence-corrected chi connectivity index (χ1v) is 6.87. The van der Waals surface area contributed by atoms with Crippen LogP contribution in [0.1, 0.15) is 25.6 Å². The van der Waals surface area contributed by atoms with Gasteiger partial charge < -0.3 is 5.73 Å². The van der Waals surface area contributed by atoms with Crippen LogP contribution in [0.4, 0.5) is 5.82 Å². The van der Waals surface area contributed by atoms with E-state index < -0.39 is 0 Å². The van der Waals surface area contributed by atoms with Crippen molar-refractivity contribution in [3.8, 4) is 10.7 Å². The highest BCUT2D eigenvalue weighted by Crippen LogP contribution is 2.34. The number of aromatic nitrogens is 2. The average molecular weight is 312 g/mol. The zero-order valence-corrected chi connectivity index (χ0v) is 12.4. The Balaban J connectivity index is 2.40. The molecule has 0 amide bonds. The van der Waals surface area contributed by atoms with Crippen molar-refractivity contribution in [3.05, 3.63) is 27.7 Å². The molecule has 2 rings (SSSR count). The lowest BCUT2D eigenvalue weighted by molar-refractivity contribution is 0.604. The normalized spacial score (nSPS) is 11.8. The minimum Gasteiger partial charge on any atom is -0.383 e. The number of nitrogens with two attached hydrogens (primary N) is 1. The van der Waals surface area contributed by atoms with Gasteiger partial charge in [-0.05, 0) is 33.5 Å². The Morgan fingerprint density at radius 2 is 2.00 bits per heavy atom. The Morgan fingerprint density at radius 3 is 2.53 bits per heavy atom. The molecule has 0 unspecified atom stereocenters. The molecule has 0 radical (unpaired) electrons. The standard InChI is InChI=1S/C12H14BrN3S/c1-12(2,3)9-5-4-8(17-9)11-15-6-7(13)10(14)16-11/h4-6H,1-3H3,(H2,14,15,16). The maximum atomic E-state index is 5.76. The van der Waals surface area contributed by atoms with Gasteiger partial charge in [0, 0.05) is 11.1 Å². The molecule has 2 aromatic rings. The van der Waals surface area contributed by atoms with Gasteiger partial charge in [0.2, 0.25) is 0 Å². The second-order valence-corrected chi connectivity index (χ2v) is 6.78. The largest absolute Gasteiger partial charge is 0.383 e. The maximum Gasteiger partial charge on any atom is 0.171 e. The Hall–Kier alpha value is -0.940. The van der Waals surface area contributed by atoms with Gasteiger partial charge in [0.1, 0.15) is 5.82 Å². The lowest BCUT2D eigenvalue weighted by Crippen LogP contribution is -2.07. The van der Waals surface area contributed by atoms with Crippen LogP contribution in [0.5, 0.6) is 0 Å². The summed E-state index contributed by atoms with van der Waals surface area (Å²) in [6, 6.07) is 4.18. The number of thiophene rings is 1. The van der Waals surface area contributed by atoms with Gasteiger partial charge in [-0.3, -0.25) is 0 Å². The summed E-state index contributed by atoms with van der Waals surface area (Å²) in [4.78, 5) is 10.9. The molecule has 0 aromatic carbocycles. The van der Waals surface area contributed by atoms with Gasteiger partial charge in [-0.1, -0.05) is 20.8 Å². The van der Waals surface area contributed by atoms with Crippen LogP contribution < -0.4 is 5.73 Å². The summed E-state index contributed by atoms with van der Waals surface area (Å²) < 4.78 is 0.730. The van der Waals surface area contributed by atoms with E-state index in [2.05, 4.69) is 52.7 Å². The van der Waals surface area contributed by atoms with Crippen molar-refractivity contribution < 1.29 is 0 Å². The van der Waals surface area contributed by atoms with Crippen LogP contribution in [0.25, 0.3) is 10.7 Å². The summed E-state index contributed by atoms with van der Waals surface area (Å²) in [7, 11) is 0. The van der Waals surface area contributed by atoms with E-state index in [1.165, 1.54) is 4.88 Å².